The van der Waals surface area contributed by atoms with Gasteiger partial charge in [0, 0.05) is 13.2 Å². The lowest BCUT2D eigenvalue weighted by Gasteiger charge is -2.20. The van der Waals surface area contributed by atoms with Crippen LogP contribution in [0.4, 0.5) is 5.69 Å². The number of para-hydroxylation sites is 2. The molecule has 1 aromatic rings. The molecule has 140 valence electrons. The summed E-state index contributed by atoms with van der Waals surface area (Å²) in [5, 5.41) is 2.68. The fraction of sp³-hybridized carbons (Fsp3) is 0.500. The number of esters is 1. The first-order valence-corrected chi connectivity index (χ1v) is 8.69. The third-order valence-corrected chi connectivity index (χ3v) is 4.23. The normalized spacial score (nSPS) is 19.3. The van der Waals surface area contributed by atoms with Crippen molar-refractivity contribution in [3.05, 3.63) is 24.3 Å². The Hall–Kier alpha value is -2.61. The Labute approximate surface area is 151 Å². The molecule has 2 aliphatic heterocycles. The summed E-state index contributed by atoms with van der Waals surface area (Å²) in [6.45, 7) is 0.729. The second kappa shape index (κ2) is 8.66. The van der Waals surface area contributed by atoms with Crippen molar-refractivity contribution < 1.29 is 28.6 Å². The molecule has 26 heavy (non-hydrogen) atoms. The number of carbonyl (C=O) groups is 3. The van der Waals surface area contributed by atoms with Crippen LogP contribution in [0, 0.1) is 0 Å². The molecule has 0 unspecified atom stereocenters. The average molecular weight is 362 g/mol. The van der Waals surface area contributed by atoms with Crippen molar-refractivity contribution in [2.75, 3.05) is 37.8 Å². The molecule has 2 aliphatic rings. The number of anilines is 1. The van der Waals surface area contributed by atoms with Gasteiger partial charge in [-0.25, -0.2) is 0 Å². The first-order valence-electron chi connectivity index (χ1n) is 8.69. The molecule has 3 rings (SSSR count). The Balaban J connectivity index is 1.49. The van der Waals surface area contributed by atoms with Gasteiger partial charge in [0.1, 0.15) is 12.3 Å². The van der Waals surface area contributed by atoms with Crippen LogP contribution in [0.25, 0.3) is 0 Å². The highest BCUT2D eigenvalue weighted by Gasteiger charge is 2.26. The van der Waals surface area contributed by atoms with E-state index in [-0.39, 0.29) is 44.1 Å². The molecule has 1 N–H and O–H groups in total. The van der Waals surface area contributed by atoms with Crippen LogP contribution in [0.3, 0.4) is 0 Å². The lowest BCUT2D eigenvalue weighted by atomic mass is 10.2. The van der Waals surface area contributed by atoms with E-state index in [1.54, 1.807) is 24.3 Å². The van der Waals surface area contributed by atoms with Gasteiger partial charge in [0.2, 0.25) is 5.91 Å². The van der Waals surface area contributed by atoms with E-state index < -0.39 is 5.97 Å². The molecule has 0 radical (unpaired) electrons. The molecule has 0 aromatic heterocycles. The lowest BCUT2D eigenvalue weighted by molar-refractivity contribution is -0.147. The van der Waals surface area contributed by atoms with E-state index >= 15 is 0 Å². The minimum Gasteiger partial charge on any atom is -0.491 e. The third kappa shape index (κ3) is 4.72. The smallest absolute Gasteiger partial charge is 0.326 e. The predicted octanol–water partition coefficient (Wildman–Crippen LogP) is 0.640. The van der Waals surface area contributed by atoms with E-state index in [2.05, 4.69) is 5.32 Å². The van der Waals surface area contributed by atoms with Gasteiger partial charge in [-0.2, -0.15) is 0 Å². The zero-order chi connectivity index (χ0) is 18.4. The summed E-state index contributed by atoms with van der Waals surface area (Å²) in [5.41, 5.74) is 0.523. The predicted molar refractivity (Wildman–Crippen MR) is 91.8 cm³/mol. The molecule has 1 aromatic carbocycles. The summed E-state index contributed by atoms with van der Waals surface area (Å²) in [6, 6.07) is 7.01. The molecule has 0 aliphatic carbocycles. The van der Waals surface area contributed by atoms with Crippen molar-refractivity contribution in [3.63, 3.8) is 0 Å². The average Bonchev–Trinajstić information content (AvgIpc) is 3.11. The molecule has 2 heterocycles. The van der Waals surface area contributed by atoms with Crippen LogP contribution in [0.5, 0.6) is 5.75 Å². The van der Waals surface area contributed by atoms with Crippen molar-refractivity contribution in [1.29, 1.82) is 0 Å². The van der Waals surface area contributed by atoms with Gasteiger partial charge in [0.25, 0.3) is 5.91 Å². The molecule has 0 saturated carbocycles. The number of hydrogen-bond acceptors (Lipinski definition) is 6. The van der Waals surface area contributed by atoms with Crippen molar-refractivity contribution >= 4 is 23.5 Å². The van der Waals surface area contributed by atoms with E-state index in [1.165, 1.54) is 4.90 Å². The highest BCUT2D eigenvalue weighted by Crippen LogP contribution is 2.30. The maximum absolute atomic E-state index is 12.2. The van der Waals surface area contributed by atoms with Crippen molar-refractivity contribution in [1.82, 2.24) is 5.32 Å². The molecule has 0 bridgehead atoms. The van der Waals surface area contributed by atoms with E-state index in [4.69, 9.17) is 14.2 Å². The zero-order valence-electron chi connectivity index (χ0n) is 14.4. The Bertz CT molecular complexity index is 671. The summed E-state index contributed by atoms with van der Waals surface area (Å²) in [5.74, 6) is -0.725. The molecule has 8 nitrogen and oxygen atoms in total. The minimum absolute atomic E-state index is 0.0286. The van der Waals surface area contributed by atoms with E-state index in [0.29, 0.717) is 24.6 Å². The number of amides is 2. The van der Waals surface area contributed by atoms with Gasteiger partial charge in [-0.1, -0.05) is 12.1 Å². The highest BCUT2D eigenvalue weighted by molar-refractivity contribution is 5.99. The van der Waals surface area contributed by atoms with Crippen LogP contribution in [0.2, 0.25) is 0 Å². The van der Waals surface area contributed by atoms with Crippen LogP contribution >= 0.6 is 0 Å². The quantitative estimate of drug-likeness (QED) is 0.747. The number of carbonyl (C=O) groups excluding carboxylic acids is 3. The maximum Gasteiger partial charge on any atom is 0.326 e. The number of rotatable bonds is 6. The lowest BCUT2D eigenvalue weighted by Crippen LogP contribution is -2.38. The largest absolute Gasteiger partial charge is 0.491 e. The molecular formula is C18H22N2O6. The van der Waals surface area contributed by atoms with E-state index in [1.807, 2.05) is 0 Å². The van der Waals surface area contributed by atoms with Crippen molar-refractivity contribution in [2.24, 2.45) is 0 Å². The van der Waals surface area contributed by atoms with Crippen molar-refractivity contribution in [3.8, 4) is 5.75 Å². The SMILES string of the molecule is O=C(COC(=O)CN1C(=O)CCOc2ccccc21)NC[C@@H]1CCCO1. The van der Waals surface area contributed by atoms with Crippen LogP contribution in [0.1, 0.15) is 19.3 Å². The van der Waals surface area contributed by atoms with Gasteiger partial charge in [0.05, 0.1) is 24.8 Å². The van der Waals surface area contributed by atoms with Crippen LogP contribution in [-0.2, 0) is 23.9 Å². The molecule has 1 saturated heterocycles. The summed E-state index contributed by atoms with van der Waals surface area (Å²) in [7, 11) is 0. The zero-order valence-corrected chi connectivity index (χ0v) is 14.4. The Kier molecular flexibility index (Phi) is 6.06. The molecule has 1 atom stereocenters. The summed E-state index contributed by atoms with van der Waals surface area (Å²) < 4.78 is 15.9. The Morgan fingerprint density at radius 3 is 2.92 bits per heavy atom. The number of hydrogen-bond donors (Lipinski definition) is 1. The Morgan fingerprint density at radius 2 is 2.12 bits per heavy atom. The molecule has 1 fully saturated rings. The fourth-order valence-corrected chi connectivity index (χ4v) is 2.90. The van der Waals surface area contributed by atoms with Gasteiger partial charge in [-0.05, 0) is 25.0 Å². The summed E-state index contributed by atoms with van der Waals surface area (Å²) >= 11 is 0. The Morgan fingerprint density at radius 1 is 1.27 bits per heavy atom. The first-order chi connectivity index (χ1) is 12.6. The van der Waals surface area contributed by atoms with Crippen LogP contribution in [-0.4, -0.2) is 56.8 Å². The van der Waals surface area contributed by atoms with Gasteiger partial charge in [-0.3, -0.25) is 19.3 Å². The van der Waals surface area contributed by atoms with E-state index in [9.17, 15) is 14.4 Å². The molecule has 0 spiro atoms. The van der Waals surface area contributed by atoms with Crippen molar-refractivity contribution in [2.45, 2.75) is 25.4 Å². The second-order valence-corrected chi connectivity index (χ2v) is 6.15. The maximum atomic E-state index is 12.2. The van der Waals surface area contributed by atoms with Gasteiger partial charge in [-0.15, -0.1) is 0 Å². The van der Waals surface area contributed by atoms with Gasteiger partial charge >= 0.3 is 5.97 Å². The number of nitrogens with zero attached hydrogens (tertiary/aromatic N) is 1. The summed E-state index contributed by atoms with van der Waals surface area (Å²) in [6.07, 6.45) is 2.11. The molecular weight excluding hydrogens is 340 g/mol. The van der Waals surface area contributed by atoms with Gasteiger partial charge in [0.15, 0.2) is 6.61 Å². The fourth-order valence-electron chi connectivity index (χ4n) is 2.90. The number of ether oxygens (including phenoxy) is 3. The topological polar surface area (TPSA) is 94.2 Å². The number of fused-ring (bicyclic) bond motifs is 1. The standard InChI is InChI=1S/C18H22N2O6/c21-16(19-10-13-4-3-8-24-13)12-26-18(23)11-20-14-5-1-2-6-15(14)25-9-7-17(20)22/h1-2,5-6,13H,3-4,7-12H2,(H,19,21)/t13-/m0/s1. The number of nitrogens with one attached hydrogen (secondary N) is 1. The van der Waals surface area contributed by atoms with E-state index in [0.717, 1.165) is 12.8 Å². The van der Waals surface area contributed by atoms with Crippen LogP contribution < -0.4 is 15.0 Å². The second-order valence-electron chi connectivity index (χ2n) is 6.15. The monoisotopic (exact) mass is 362 g/mol. The highest BCUT2D eigenvalue weighted by atomic mass is 16.5. The minimum atomic E-state index is -0.651. The molecule has 8 heteroatoms. The first kappa shape index (κ1) is 18.2. The number of benzene rings is 1. The van der Waals surface area contributed by atoms with Crippen LogP contribution in [0.15, 0.2) is 24.3 Å². The summed E-state index contributed by atoms with van der Waals surface area (Å²) in [4.78, 5) is 37.4. The molecule has 2 amide bonds. The van der Waals surface area contributed by atoms with Gasteiger partial charge < -0.3 is 19.5 Å². The third-order valence-electron chi connectivity index (χ3n) is 4.23.